The smallest absolute Gasteiger partial charge is 0.223 e. The van der Waals surface area contributed by atoms with Crippen molar-refractivity contribution in [3.05, 3.63) is 0 Å². The first kappa shape index (κ1) is 12.5. The Hall–Kier alpha value is -0.610. The van der Waals surface area contributed by atoms with Gasteiger partial charge in [-0.05, 0) is 19.3 Å². The lowest BCUT2D eigenvalue weighted by molar-refractivity contribution is -0.131. The van der Waals surface area contributed by atoms with Crippen LogP contribution < -0.4 is 5.73 Å². The van der Waals surface area contributed by atoms with Crippen molar-refractivity contribution >= 4 is 5.91 Å². The van der Waals surface area contributed by atoms with Crippen molar-refractivity contribution in [1.82, 2.24) is 4.90 Å². The monoisotopic (exact) mass is 214 g/mol. The number of hydrogen-bond donors (Lipinski definition) is 1. The van der Waals surface area contributed by atoms with E-state index in [1.54, 1.807) is 4.90 Å². The molecule has 1 fully saturated rings. The Labute approximate surface area is 91.8 Å². The Morgan fingerprint density at radius 3 is 2.93 bits per heavy atom. The van der Waals surface area contributed by atoms with Gasteiger partial charge in [0.2, 0.25) is 5.91 Å². The molecule has 1 saturated heterocycles. The normalized spacial score (nSPS) is 22.7. The molecular weight excluding hydrogens is 192 g/mol. The standard InChI is InChI=1S/C11H22N2O2/c1-3-9(12)7-11(14)13(2)8-10-5-4-6-15-10/h9-10H,3-8,12H2,1-2H3. The number of amides is 1. The maximum Gasteiger partial charge on any atom is 0.223 e. The molecule has 15 heavy (non-hydrogen) atoms. The fraction of sp³-hybridized carbons (Fsp3) is 0.909. The van der Waals surface area contributed by atoms with Crippen LogP contribution in [0.3, 0.4) is 0 Å². The van der Waals surface area contributed by atoms with Crippen LogP contribution in [0.15, 0.2) is 0 Å². The average molecular weight is 214 g/mol. The van der Waals surface area contributed by atoms with E-state index in [4.69, 9.17) is 10.5 Å². The Balaban J connectivity index is 2.25. The molecule has 2 N–H and O–H groups in total. The summed E-state index contributed by atoms with van der Waals surface area (Å²) in [5, 5.41) is 0. The van der Waals surface area contributed by atoms with Gasteiger partial charge in [0.25, 0.3) is 0 Å². The van der Waals surface area contributed by atoms with Gasteiger partial charge in [0.15, 0.2) is 0 Å². The number of ether oxygens (including phenoxy) is 1. The second-order valence-electron chi connectivity index (χ2n) is 4.28. The molecule has 0 aromatic heterocycles. The van der Waals surface area contributed by atoms with Crippen LogP contribution >= 0.6 is 0 Å². The van der Waals surface area contributed by atoms with Crippen LogP contribution in [0.4, 0.5) is 0 Å². The number of nitrogens with two attached hydrogens (primary N) is 1. The predicted octanol–water partition coefficient (Wildman–Crippen LogP) is 0.751. The van der Waals surface area contributed by atoms with Crippen LogP contribution in [-0.4, -0.2) is 43.2 Å². The van der Waals surface area contributed by atoms with Gasteiger partial charge >= 0.3 is 0 Å². The Kier molecular flexibility index (Phi) is 5.05. The molecule has 0 saturated carbocycles. The first-order valence-corrected chi connectivity index (χ1v) is 5.74. The van der Waals surface area contributed by atoms with Crippen molar-refractivity contribution < 1.29 is 9.53 Å². The van der Waals surface area contributed by atoms with Gasteiger partial charge in [-0.1, -0.05) is 6.92 Å². The van der Waals surface area contributed by atoms with Crippen LogP contribution in [0, 0.1) is 0 Å². The van der Waals surface area contributed by atoms with Crippen LogP contribution in [0.1, 0.15) is 32.6 Å². The van der Waals surface area contributed by atoms with Gasteiger partial charge in [-0.2, -0.15) is 0 Å². The highest BCUT2D eigenvalue weighted by Gasteiger charge is 2.20. The summed E-state index contributed by atoms with van der Waals surface area (Å²) in [6, 6.07) is -0.00977. The summed E-state index contributed by atoms with van der Waals surface area (Å²) in [5.41, 5.74) is 5.74. The van der Waals surface area contributed by atoms with Gasteiger partial charge < -0.3 is 15.4 Å². The predicted molar refractivity (Wildman–Crippen MR) is 59.5 cm³/mol. The molecule has 0 bridgehead atoms. The Morgan fingerprint density at radius 1 is 1.67 bits per heavy atom. The molecule has 1 rings (SSSR count). The van der Waals surface area contributed by atoms with Crippen LogP contribution in [0.2, 0.25) is 0 Å². The van der Waals surface area contributed by atoms with Gasteiger partial charge in [0.1, 0.15) is 0 Å². The maximum atomic E-state index is 11.7. The molecular formula is C11H22N2O2. The lowest BCUT2D eigenvalue weighted by Gasteiger charge is -2.22. The van der Waals surface area contributed by atoms with Crippen molar-refractivity contribution in [2.75, 3.05) is 20.2 Å². The number of likely N-dealkylation sites (N-methyl/N-ethyl adjacent to an activating group) is 1. The first-order chi connectivity index (χ1) is 7.13. The van der Waals surface area contributed by atoms with Crippen molar-refractivity contribution in [2.24, 2.45) is 5.73 Å². The van der Waals surface area contributed by atoms with Crippen molar-refractivity contribution in [2.45, 2.75) is 44.8 Å². The van der Waals surface area contributed by atoms with E-state index in [-0.39, 0.29) is 18.1 Å². The molecule has 1 aliphatic rings. The molecule has 2 unspecified atom stereocenters. The molecule has 1 heterocycles. The Morgan fingerprint density at radius 2 is 2.40 bits per heavy atom. The summed E-state index contributed by atoms with van der Waals surface area (Å²) in [6.45, 7) is 3.54. The highest BCUT2D eigenvalue weighted by molar-refractivity contribution is 5.76. The van der Waals surface area contributed by atoms with Gasteiger partial charge in [-0.15, -0.1) is 0 Å². The molecule has 0 spiro atoms. The summed E-state index contributed by atoms with van der Waals surface area (Å²) in [5.74, 6) is 0.125. The van der Waals surface area contributed by atoms with E-state index in [0.717, 1.165) is 25.9 Å². The fourth-order valence-electron chi connectivity index (χ4n) is 1.72. The molecule has 0 aromatic rings. The van der Waals surface area contributed by atoms with E-state index in [9.17, 15) is 4.79 Å². The van der Waals surface area contributed by atoms with Gasteiger partial charge in [-0.25, -0.2) is 0 Å². The quantitative estimate of drug-likeness (QED) is 0.735. The number of carbonyl (C=O) groups excluding carboxylic acids is 1. The van der Waals surface area contributed by atoms with Crippen molar-refractivity contribution in [3.8, 4) is 0 Å². The third-order valence-electron chi connectivity index (χ3n) is 2.89. The minimum Gasteiger partial charge on any atom is -0.376 e. The highest BCUT2D eigenvalue weighted by atomic mass is 16.5. The van der Waals surface area contributed by atoms with E-state index in [1.807, 2.05) is 14.0 Å². The summed E-state index contributed by atoms with van der Waals surface area (Å²) >= 11 is 0. The van der Waals surface area contributed by atoms with Crippen LogP contribution in [-0.2, 0) is 9.53 Å². The minimum absolute atomic E-state index is 0.00977. The largest absolute Gasteiger partial charge is 0.376 e. The summed E-state index contributed by atoms with van der Waals surface area (Å²) in [7, 11) is 1.83. The third kappa shape index (κ3) is 4.18. The third-order valence-corrected chi connectivity index (χ3v) is 2.89. The average Bonchev–Trinajstić information content (AvgIpc) is 2.70. The second-order valence-corrected chi connectivity index (χ2v) is 4.28. The number of hydrogen-bond acceptors (Lipinski definition) is 3. The maximum absolute atomic E-state index is 11.7. The lowest BCUT2D eigenvalue weighted by Crippen LogP contribution is -2.37. The zero-order chi connectivity index (χ0) is 11.3. The highest BCUT2D eigenvalue weighted by Crippen LogP contribution is 2.13. The summed E-state index contributed by atoms with van der Waals surface area (Å²) < 4.78 is 5.48. The van der Waals surface area contributed by atoms with Crippen molar-refractivity contribution in [3.63, 3.8) is 0 Å². The van der Waals surface area contributed by atoms with Gasteiger partial charge in [-0.3, -0.25) is 4.79 Å². The Bertz CT molecular complexity index is 203. The molecule has 4 heteroatoms. The zero-order valence-electron chi connectivity index (χ0n) is 9.74. The van der Waals surface area contributed by atoms with Crippen LogP contribution in [0.25, 0.3) is 0 Å². The molecule has 0 aliphatic carbocycles. The number of carbonyl (C=O) groups is 1. The lowest BCUT2D eigenvalue weighted by atomic mass is 10.1. The SMILES string of the molecule is CCC(N)CC(=O)N(C)CC1CCCO1. The van der Waals surface area contributed by atoms with E-state index < -0.39 is 0 Å². The first-order valence-electron chi connectivity index (χ1n) is 5.74. The van der Waals surface area contributed by atoms with Gasteiger partial charge in [0.05, 0.1) is 6.10 Å². The number of rotatable bonds is 5. The zero-order valence-corrected chi connectivity index (χ0v) is 9.74. The molecule has 0 radical (unpaired) electrons. The van der Waals surface area contributed by atoms with E-state index in [0.29, 0.717) is 13.0 Å². The summed E-state index contributed by atoms with van der Waals surface area (Å²) in [4.78, 5) is 13.4. The molecule has 4 nitrogen and oxygen atoms in total. The molecule has 1 aliphatic heterocycles. The molecule has 88 valence electrons. The number of nitrogens with zero attached hydrogens (tertiary/aromatic N) is 1. The van der Waals surface area contributed by atoms with E-state index >= 15 is 0 Å². The summed E-state index contributed by atoms with van der Waals surface area (Å²) in [6.07, 6.45) is 3.70. The van der Waals surface area contributed by atoms with Gasteiger partial charge in [0, 0.05) is 32.7 Å². The van der Waals surface area contributed by atoms with Crippen molar-refractivity contribution in [1.29, 1.82) is 0 Å². The minimum atomic E-state index is -0.00977. The topological polar surface area (TPSA) is 55.6 Å². The molecule has 0 aromatic carbocycles. The van der Waals surface area contributed by atoms with E-state index in [1.165, 1.54) is 0 Å². The fourth-order valence-corrected chi connectivity index (χ4v) is 1.72. The molecule has 1 amide bonds. The van der Waals surface area contributed by atoms with Crippen LogP contribution in [0.5, 0.6) is 0 Å². The van der Waals surface area contributed by atoms with E-state index in [2.05, 4.69) is 0 Å². The second kappa shape index (κ2) is 6.08. The molecule has 2 atom stereocenters.